The van der Waals surface area contributed by atoms with Gasteiger partial charge in [-0.15, -0.1) is 11.3 Å². The van der Waals surface area contributed by atoms with E-state index in [-0.39, 0.29) is 23.9 Å². The molecule has 4 N–H and O–H groups in total. The van der Waals surface area contributed by atoms with Gasteiger partial charge in [-0.3, -0.25) is 20.0 Å². The third-order valence-electron chi connectivity index (χ3n) is 5.27. The van der Waals surface area contributed by atoms with E-state index in [1.54, 1.807) is 49.3 Å². The van der Waals surface area contributed by atoms with E-state index >= 15 is 0 Å². The number of aromatic nitrogens is 6. The Morgan fingerprint density at radius 3 is 2.70 bits per heavy atom. The first-order valence-corrected chi connectivity index (χ1v) is 10.9. The largest absolute Gasteiger partial charge is 0.349 e. The van der Waals surface area contributed by atoms with Gasteiger partial charge < -0.3 is 19.4 Å². The predicted molar refractivity (Wildman–Crippen MR) is 125 cm³/mol. The highest BCUT2D eigenvalue weighted by Crippen LogP contribution is 2.29. The summed E-state index contributed by atoms with van der Waals surface area (Å²) in [7, 11) is 3.39. The number of H-pyrrole nitrogens is 3. The summed E-state index contributed by atoms with van der Waals surface area (Å²) >= 11 is 1.34. The lowest BCUT2D eigenvalue weighted by Crippen LogP contribution is -2.23. The molecule has 0 radical (unpaired) electrons. The molecule has 4 heterocycles. The Balaban J connectivity index is 1.50. The van der Waals surface area contributed by atoms with Gasteiger partial charge in [0, 0.05) is 43.7 Å². The quantitative estimate of drug-likeness (QED) is 0.305. The molecule has 5 rings (SSSR count). The summed E-state index contributed by atoms with van der Waals surface area (Å²) in [6.45, 7) is 0.313. The van der Waals surface area contributed by atoms with Gasteiger partial charge in [-0.1, -0.05) is 0 Å². The molecule has 0 aliphatic rings. The minimum atomic E-state index is -0.313. The predicted octanol–water partition coefficient (Wildman–Crippen LogP) is 2.39. The second-order valence-electron chi connectivity index (χ2n) is 7.70. The normalized spacial score (nSPS) is 11.3. The zero-order valence-corrected chi connectivity index (χ0v) is 18.6. The summed E-state index contributed by atoms with van der Waals surface area (Å²) in [5, 5.41) is 9.58. The van der Waals surface area contributed by atoms with Crippen LogP contribution in [0.15, 0.2) is 41.5 Å². The van der Waals surface area contributed by atoms with Gasteiger partial charge in [0.25, 0.3) is 5.91 Å². The van der Waals surface area contributed by atoms with Gasteiger partial charge in [0.1, 0.15) is 0 Å². The number of fused-ring (bicyclic) bond motifs is 2. The van der Waals surface area contributed by atoms with Gasteiger partial charge >= 0.3 is 5.69 Å². The number of anilines is 1. The number of benzene rings is 1. The van der Waals surface area contributed by atoms with Crippen molar-refractivity contribution in [2.45, 2.75) is 13.0 Å². The van der Waals surface area contributed by atoms with E-state index in [9.17, 15) is 14.4 Å². The van der Waals surface area contributed by atoms with Gasteiger partial charge in [0.2, 0.25) is 11.9 Å². The van der Waals surface area contributed by atoms with E-state index in [4.69, 9.17) is 0 Å². The first-order chi connectivity index (χ1) is 15.9. The molecule has 0 bridgehead atoms. The van der Waals surface area contributed by atoms with Crippen LogP contribution in [0.2, 0.25) is 0 Å². The Kier molecular flexibility index (Phi) is 5.05. The monoisotopic (exact) mass is 464 g/mol. The Labute approximate surface area is 190 Å². The van der Waals surface area contributed by atoms with E-state index in [2.05, 4.69) is 30.5 Å². The molecule has 11 nitrogen and oxygen atoms in total. The average Bonchev–Trinajstić information content (AvgIpc) is 3.55. The van der Waals surface area contributed by atoms with Crippen LogP contribution in [0.5, 0.6) is 0 Å². The number of carbonyl (C=O) groups excluding carboxylic acids is 2. The number of rotatable bonds is 6. The second kappa shape index (κ2) is 8.06. The summed E-state index contributed by atoms with van der Waals surface area (Å²) in [4.78, 5) is 49.8. The second-order valence-corrected chi connectivity index (χ2v) is 8.78. The maximum Gasteiger partial charge on any atom is 0.323 e. The van der Waals surface area contributed by atoms with Crippen molar-refractivity contribution in [2.75, 3.05) is 19.4 Å². The van der Waals surface area contributed by atoms with Crippen molar-refractivity contribution in [3.8, 4) is 10.4 Å². The van der Waals surface area contributed by atoms with E-state index in [0.717, 1.165) is 10.4 Å². The Hall–Kier alpha value is -4.19. The molecule has 4 aromatic heterocycles. The van der Waals surface area contributed by atoms with Crippen LogP contribution in [-0.4, -0.2) is 60.5 Å². The van der Waals surface area contributed by atoms with E-state index < -0.39 is 0 Å². The Bertz CT molecular complexity index is 1540. The molecule has 0 fully saturated rings. The molecular formula is C21H20N8O3S. The van der Waals surface area contributed by atoms with Gasteiger partial charge in [-0.2, -0.15) is 5.10 Å². The molecule has 0 aliphatic heterocycles. The van der Waals surface area contributed by atoms with Crippen LogP contribution < -0.4 is 11.0 Å². The molecular weight excluding hydrogens is 444 g/mol. The number of aromatic amines is 3. The zero-order valence-electron chi connectivity index (χ0n) is 17.8. The SMILES string of the molecule is CN(C)C(=O)CCn1c(NC(=O)c2ccc(-c3cn[nH]c3)s2)nc2cc3[nH]c(=O)[nH]c3cc21. The summed E-state index contributed by atoms with van der Waals surface area (Å²) in [5.41, 5.74) is 3.11. The van der Waals surface area contributed by atoms with E-state index in [0.29, 0.717) is 39.4 Å². The first-order valence-electron chi connectivity index (χ1n) is 10.1. The molecule has 168 valence electrons. The highest BCUT2D eigenvalue weighted by atomic mass is 32.1. The van der Waals surface area contributed by atoms with Gasteiger partial charge in [-0.05, 0) is 24.3 Å². The fraction of sp³-hybridized carbons (Fsp3) is 0.190. The van der Waals surface area contributed by atoms with Crippen LogP contribution in [0.25, 0.3) is 32.5 Å². The van der Waals surface area contributed by atoms with Crippen molar-refractivity contribution >= 4 is 51.2 Å². The van der Waals surface area contributed by atoms with Crippen molar-refractivity contribution in [2.24, 2.45) is 0 Å². The standard InChI is InChI=1S/C21H20N8O3S/c1-28(2)18(30)5-6-29-15-8-13-12(25-21(32)26-13)7-14(15)24-20(29)27-19(31)17-4-3-16(33-17)11-9-22-23-10-11/h3-4,7-10H,5-6H2,1-2H3,(H,22,23)(H,24,27,31)(H2,25,26,32). The molecule has 1 aromatic carbocycles. The van der Waals surface area contributed by atoms with Crippen molar-refractivity contribution in [3.05, 3.63) is 52.0 Å². The number of imidazole rings is 2. The maximum absolute atomic E-state index is 13.0. The van der Waals surface area contributed by atoms with Crippen molar-refractivity contribution < 1.29 is 9.59 Å². The Morgan fingerprint density at radius 2 is 1.97 bits per heavy atom. The molecule has 5 aromatic rings. The molecule has 0 unspecified atom stereocenters. The number of hydrogen-bond acceptors (Lipinski definition) is 6. The molecule has 0 saturated carbocycles. The van der Waals surface area contributed by atoms with Crippen LogP contribution in [0.3, 0.4) is 0 Å². The van der Waals surface area contributed by atoms with Crippen LogP contribution >= 0.6 is 11.3 Å². The fourth-order valence-electron chi connectivity index (χ4n) is 3.57. The maximum atomic E-state index is 13.0. The third kappa shape index (κ3) is 3.91. The summed E-state index contributed by atoms with van der Waals surface area (Å²) < 4.78 is 1.78. The summed E-state index contributed by atoms with van der Waals surface area (Å²) in [6, 6.07) is 7.14. The van der Waals surface area contributed by atoms with Crippen LogP contribution in [0.1, 0.15) is 16.1 Å². The molecule has 33 heavy (non-hydrogen) atoms. The highest BCUT2D eigenvalue weighted by molar-refractivity contribution is 7.17. The molecule has 0 spiro atoms. The molecule has 12 heteroatoms. The zero-order chi connectivity index (χ0) is 23.1. The highest BCUT2D eigenvalue weighted by Gasteiger charge is 2.18. The fourth-order valence-corrected chi connectivity index (χ4v) is 4.45. The number of nitrogens with zero attached hydrogens (tertiary/aromatic N) is 4. The molecule has 0 saturated heterocycles. The van der Waals surface area contributed by atoms with Crippen molar-refractivity contribution in [3.63, 3.8) is 0 Å². The third-order valence-corrected chi connectivity index (χ3v) is 6.40. The number of thiophene rings is 1. The number of nitrogens with one attached hydrogen (secondary N) is 4. The van der Waals surface area contributed by atoms with Gasteiger partial charge in [0.05, 0.1) is 33.1 Å². The van der Waals surface area contributed by atoms with Crippen LogP contribution in [-0.2, 0) is 11.3 Å². The van der Waals surface area contributed by atoms with Gasteiger partial charge in [-0.25, -0.2) is 9.78 Å². The molecule has 2 amide bonds. The average molecular weight is 465 g/mol. The van der Waals surface area contributed by atoms with E-state index in [1.807, 2.05) is 6.07 Å². The lowest BCUT2D eigenvalue weighted by atomic mass is 10.2. The van der Waals surface area contributed by atoms with Crippen molar-refractivity contribution in [1.29, 1.82) is 0 Å². The number of amides is 2. The smallest absolute Gasteiger partial charge is 0.323 e. The summed E-state index contributed by atoms with van der Waals surface area (Å²) in [6.07, 6.45) is 3.69. The minimum absolute atomic E-state index is 0.0479. The topological polar surface area (TPSA) is 145 Å². The molecule has 0 aliphatic carbocycles. The van der Waals surface area contributed by atoms with E-state index in [1.165, 1.54) is 16.2 Å². The molecule has 0 atom stereocenters. The lowest BCUT2D eigenvalue weighted by molar-refractivity contribution is -0.128. The number of hydrogen-bond donors (Lipinski definition) is 4. The number of carbonyl (C=O) groups is 2. The Morgan fingerprint density at radius 1 is 1.18 bits per heavy atom. The van der Waals surface area contributed by atoms with Crippen molar-refractivity contribution in [1.82, 2.24) is 34.6 Å². The van der Waals surface area contributed by atoms with Gasteiger partial charge in [0.15, 0.2) is 0 Å². The number of aryl methyl sites for hydroxylation is 1. The van der Waals surface area contributed by atoms with Crippen LogP contribution in [0.4, 0.5) is 5.95 Å². The van der Waals surface area contributed by atoms with Crippen LogP contribution in [0, 0.1) is 0 Å². The summed E-state index contributed by atoms with van der Waals surface area (Å²) in [5.74, 6) is -0.0210. The first kappa shape index (κ1) is 20.7. The minimum Gasteiger partial charge on any atom is -0.349 e. The lowest BCUT2D eigenvalue weighted by Gasteiger charge is -2.13.